The summed E-state index contributed by atoms with van der Waals surface area (Å²) < 4.78 is 0. The first-order chi connectivity index (χ1) is 9.24. The largest absolute Gasteiger partial charge is 0.348 e. The molecule has 0 saturated heterocycles. The van der Waals surface area contributed by atoms with Crippen molar-refractivity contribution in [3.63, 3.8) is 0 Å². The summed E-state index contributed by atoms with van der Waals surface area (Å²) in [5.74, 6) is 1.26. The van der Waals surface area contributed by atoms with Crippen molar-refractivity contribution in [2.75, 3.05) is 20.1 Å². The van der Waals surface area contributed by atoms with E-state index in [0.717, 1.165) is 12.5 Å². The Morgan fingerprint density at radius 3 is 2.89 bits per heavy atom. The van der Waals surface area contributed by atoms with Crippen LogP contribution in [0.1, 0.15) is 37.9 Å². The molecule has 2 rings (SSSR count). The zero-order valence-corrected chi connectivity index (χ0v) is 11.4. The molecule has 1 fully saturated rings. The van der Waals surface area contributed by atoms with Gasteiger partial charge in [0.1, 0.15) is 0 Å². The van der Waals surface area contributed by atoms with Gasteiger partial charge in [-0.3, -0.25) is 9.69 Å². The van der Waals surface area contributed by atoms with E-state index in [-0.39, 0.29) is 5.91 Å². The number of rotatable bonds is 6. The number of nitrogens with one attached hydrogen (secondary N) is 2. The summed E-state index contributed by atoms with van der Waals surface area (Å²) in [4.78, 5) is 13.9. The Labute approximate surface area is 113 Å². The quantitative estimate of drug-likeness (QED) is 0.774. The third-order valence-corrected chi connectivity index (χ3v) is 3.54. The van der Waals surface area contributed by atoms with Crippen LogP contribution >= 0.6 is 0 Å². The maximum Gasteiger partial charge on any atom is 0.234 e. The topological polar surface area (TPSA) is 86.8 Å². The maximum absolute atomic E-state index is 11.8. The van der Waals surface area contributed by atoms with E-state index < -0.39 is 0 Å². The number of hydrogen-bond donors (Lipinski definition) is 2. The highest BCUT2D eigenvalue weighted by Gasteiger charge is 2.16. The molecule has 0 aliphatic heterocycles. The van der Waals surface area contributed by atoms with Crippen LogP contribution in [0.3, 0.4) is 0 Å². The molecule has 1 aromatic rings. The van der Waals surface area contributed by atoms with Crippen LogP contribution in [0, 0.1) is 5.92 Å². The molecule has 1 aliphatic carbocycles. The number of aromatic amines is 1. The number of likely N-dealkylation sites (N-methyl/N-ethyl adjacent to an activating group) is 1. The molecule has 19 heavy (non-hydrogen) atoms. The van der Waals surface area contributed by atoms with Crippen molar-refractivity contribution < 1.29 is 4.79 Å². The highest BCUT2D eigenvalue weighted by molar-refractivity contribution is 5.77. The van der Waals surface area contributed by atoms with E-state index >= 15 is 0 Å². The van der Waals surface area contributed by atoms with Crippen LogP contribution in [0.5, 0.6) is 0 Å². The van der Waals surface area contributed by atoms with Gasteiger partial charge >= 0.3 is 0 Å². The van der Waals surface area contributed by atoms with Crippen LogP contribution in [-0.2, 0) is 11.3 Å². The van der Waals surface area contributed by atoms with Gasteiger partial charge in [0.15, 0.2) is 5.82 Å². The molecular weight excluding hydrogens is 244 g/mol. The molecule has 0 radical (unpaired) electrons. The van der Waals surface area contributed by atoms with E-state index in [9.17, 15) is 4.79 Å². The van der Waals surface area contributed by atoms with Gasteiger partial charge in [0.2, 0.25) is 5.91 Å². The average Bonchev–Trinajstić information content (AvgIpc) is 2.90. The lowest BCUT2D eigenvalue weighted by Gasteiger charge is -2.26. The van der Waals surface area contributed by atoms with Gasteiger partial charge in [-0.1, -0.05) is 24.5 Å². The van der Waals surface area contributed by atoms with Crippen molar-refractivity contribution in [3.8, 4) is 0 Å². The molecule has 1 heterocycles. The van der Waals surface area contributed by atoms with E-state index in [1.54, 1.807) is 0 Å². The van der Waals surface area contributed by atoms with Crippen molar-refractivity contribution in [2.24, 2.45) is 5.92 Å². The van der Waals surface area contributed by atoms with Gasteiger partial charge in [-0.05, 0) is 25.8 Å². The standard InChI is InChI=1S/C12H22N6O/c1-18(8-10-5-3-2-4-6-10)9-12(19)13-7-11-14-16-17-15-11/h10H,2-9H2,1H3,(H,13,19)(H,14,15,16,17). The predicted molar refractivity (Wildman–Crippen MR) is 70.1 cm³/mol. The van der Waals surface area contributed by atoms with E-state index in [0.29, 0.717) is 18.9 Å². The molecule has 106 valence electrons. The molecule has 0 atom stereocenters. The Morgan fingerprint density at radius 1 is 1.42 bits per heavy atom. The van der Waals surface area contributed by atoms with E-state index in [4.69, 9.17) is 0 Å². The number of hydrogen-bond acceptors (Lipinski definition) is 5. The zero-order chi connectivity index (χ0) is 13.5. The molecule has 0 bridgehead atoms. The molecule has 0 aromatic carbocycles. The highest BCUT2D eigenvalue weighted by atomic mass is 16.2. The number of tetrazole rings is 1. The minimum Gasteiger partial charge on any atom is -0.348 e. The smallest absolute Gasteiger partial charge is 0.234 e. The van der Waals surface area contributed by atoms with E-state index in [1.165, 1.54) is 32.1 Å². The summed E-state index contributed by atoms with van der Waals surface area (Å²) >= 11 is 0. The summed E-state index contributed by atoms with van der Waals surface area (Å²) in [6, 6.07) is 0. The van der Waals surface area contributed by atoms with Crippen LogP contribution in [0.15, 0.2) is 0 Å². The van der Waals surface area contributed by atoms with Gasteiger partial charge < -0.3 is 5.32 Å². The lowest BCUT2D eigenvalue weighted by molar-refractivity contribution is -0.122. The highest BCUT2D eigenvalue weighted by Crippen LogP contribution is 2.23. The van der Waals surface area contributed by atoms with Crippen LogP contribution in [-0.4, -0.2) is 51.6 Å². The number of H-pyrrole nitrogens is 1. The molecule has 1 aromatic heterocycles. The molecule has 2 N–H and O–H groups in total. The molecular formula is C12H22N6O. The summed E-state index contributed by atoms with van der Waals surface area (Å²) in [6.07, 6.45) is 6.64. The summed E-state index contributed by atoms with van der Waals surface area (Å²) in [7, 11) is 2.00. The molecule has 0 spiro atoms. The third kappa shape index (κ3) is 4.94. The zero-order valence-electron chi connectivity index (χ0n) is 11.4. The SMILES string of the molecule is CN(CC(=O)NCc1nn[nH]n1)CC1CCCCC1. The Bertz CT molecular complexity index is 374. The van der Waals surface area contributed by atoms with Crippen LogP contribution in [0.4, 0.5) is 0 Å². The first-order valence-electron chi connectivity index (χ1n) is 6.91. The molecule has 1 aliphatic rings. The van der Waals surface area contributed by atoms with Gasteiger partial charge in [0, 0.05) is 6.54 Å². The first-order valence-corrected chi connectivity index (χ1v) is 6.91. The average molecular weight is 266 g/mol. The fourth-order valence-electron chi connectivity index (χ4n) is 2.61. The second-order valence-electron chi connectivity index (χ2n) is 5.31. The summed E-state index contributed by atoms with van der Waals surface area (Å²) in [6.45, 7) is 1.76. The van der Waals surface area contributed by atoms with Gasteiger partial charge in [0.05, 0.1) is 13.1 Å². The first kappa shape index (κ1) is 13.9. The fourth-order valence-corrected chi connectivity index (χ4v) is 2.61. The second-order valence-corrected chi connectivity index (χ2v) is 5.31. The maximum atomic E-state index is 11.8. The minimum absolute atomic E-state index is 0.00288. The van der Waals surface area contributed by atoms with Crippen molar-refractivity contribution in [1.82, 2.24) is 30.8 Å². The fraction of sp³-hybridized carbons (Fsp3) is 0.833. The van der Waals surface area contributed by atoms with E-state index in [2.05, 4.69) is 30.8 Å². The summed E-state index contributed by atoms with van der Waals surface area (Å²) in [5.41, 5.74) is 0. The van der Waals surface area contributed by atoms with Gasteiger partial charge in [-0.15, -0.1) is 10.2 Å². The Morgan fingerprint density at radius 2 is 2.21 bits per heavy atom. The lowest BCUT2D eigenvalue weighted by atomic mass is 9.89. The summed E-state index contributed by atoms with van der Waals surface area (Å²) in [5, 5.41) is 16.2. The van der Waals surface area contributed by atoms with Gasteiger partial charge in [-0.25, -0.2) is 0 Å². The molecule has 7 nitrogen and oxygen atoms in total. The second kappa shape index (κ2) is 7.18. The predicted octanol–water partition coefficient (Wildman–Crippen LogP) is 0.328. The van der Waals surface area contributed by atoms with Crippen LogP contribution in [0.25, 0.3) is 0 Å². The third-order valence-electron chi connectivity index (χ3n) is 3.54. The lowest BCUT2D eigenvalue weighted by Crippen LogP contribution is -2.37. The van der Waals surface area contributed by atoms with Crippen molar-refractivity contribution >= 4 is 5.91 Å². The van der Waals surface area contributed by atoms with Gasteiger partial charge in [0.25, 0.3) is 0 Å². The number of nitrogens with zero attached hydrogens (tertiary/aromatic N) is 4. The van der Waals surface area contributed by atoms with Crippen molar-refractivity contribution in [2.45, 2.75) is 38.6 Å². The van der Waals surface area contributed by atoms with Gasteiger partial charge in [-0.2, -0.15) is 5.21 Å². The molecule has 0 unspecified atom stereocenters. The van der Waals surface area contributed by atoms with Crippen LogP contribution < -0.4 is 5.32 Å². The Balaban J connectivity index is 1.63. The number of carbonyl (C=O) groups excluding carboxylic acids is 1. The van der Waals surface area contributed by atoms with Crippen LogP contribution in [0.2, 0.25) is 0 Å². The molecule has 1 saturated carbocycles. The normalized spacial score (nSPS) is 16.7. The van der Waals surface area contributed by atoms with Crippen molar-refractivity contribution in [3.05, 3.63) is 5.82 Å². The number of carbonyl (C=O) groups is 1. The Hall–Kier alpha value is -1.50. The van der Waals surface area contributed by atoms with E-state index in [1.807, 2.05) is 7.05 Å². The minimum atomic E-state index is 0.00288. The Kier molecular flexibility index (Phi) is 5.26. The monoisotopic (exact) mass is 266 g/mol. The number of amides is 1. The molecule has 1 amide bonds. The van der Waals surface area contributed by atoms with Crippen molar-refractivity contribution in [1.29, 1.82) is 0 Å². The number of aromatic nitrogens is 4. The molecule has 7 heteroatoms.